The number of ketones is 1. The Morgan fingerprint density at radius 2 is 1.62 bits per heavy atom. The lowest BCUT2D eigenvalue weighted by molar-refractivity contribution is 0.104. The minimum atomic E-state index is -3.66. The highest BCUT2D eigenvalue weighted by Gasteiger charge is 2.21. The average molecular weight is 344 g/mol. The highest BCUT2D eigenvalue weighted by Crippen LogP contribution is 2.23. The zero-order valence-electron chi connectivity index (χ0n) is 13.9. The van der Waals surface area contributed by atoms with E-state index in [1.54, 1.807) is 65.7 Å². The first kappa shape index (κ1) is 17.7. The topological polar surface area (TPSA) is 57.7 Å². The molecule has 126 valence electrons. The van der Waals surface area contributed by atoms with Gasteiger partial charge in [-0.3, -0.25) is 9.10 Å². The molecule has 0 bridgehead atoms. The van der Waals surface area contributed by atoms with E-state index in [4.69, 9.17) is 0 Å². The summed E-state index contributed by atoms with van der Waals surface area (Å²) >= 11 is 0. The number of hydrogen-bond acceptors (Lipinski definition) is 4. The third-order valence-corrected chi connectivity index (χ3v) is 5.22. The molecule has 0 aliphatic rings. The van der Waals surface area contributed by atoms with Crippen molar-refractivity contribution in [3.63, 3.8) is 0 Å². The number of hydrogen-bond donors (Lipinski definition) is 0. The van der Waals surface area contributed by atoms with Gasteiger partial charge in [-0.2, -0.15) is 0 Å². The molecule has 0 aliphatic heterocycles. The first-order valence-corrected chi connectivity index (χ1v) is 8.79. The number of benzene rings is 2. The van der Waals surface area contributed by atoms with Crippen molar-refractivity contribution in [2.45, 2.75) is 4.90 Å². The smallest absolute Gasteiger partial charge is 0.264 e. The Morgan fingerprint density at radius 1 is 0.958 bits per heavy atom. The Labute approximate surface area is 142 Å². The zero-order chi connectivity index (χ0) is 17.7. The second-order valence-electron chi connectivity index (χ2n) is 5.48. The number of allylic oxidation sites excluding steroid dienone is 1. The van der Waals surface area contributed by atoms with Crippen LogP contribution in [0.25, 0.3) is 0 Å². The van der Waals surface area contributed by atoms with Crippen molar-refractivity contribution < 1.29 is 13.2 Å². The molecule has 0 radical (unpaired) electrons. The van der Waals surface area contributed by atoms with Crippen LogP contribution in [0.5, 0.6) is 0 Å². The van der Waals surface area contributed by atoms with Crippen molar-refractivity contribution in [3.8, 4) is 0 Å². The molecule has 0 N–H and O–H groups in total. The van der Waals surface area contributed by atoms with Gasteiger partial charge in [0.1, 0.15) is 0 Å². The molecule has 24 heavy (non-hydrogen) atoms. The summed E-state index contributed by atoms with van der Waals surface area (Å²) in [5.74, 6) is -0.184. The Hall–Kier alpha value is -2.60. The fourth-order valence-corrected chi connectivity index (χ4v) is 3.27. The van der Waals surface area contributed by atoms with Crippen LogP contribution in [-0.2, 0) is 10.0 Å². The summed E-state index contributed by atoms with van der Waals surface area (Å²) in [4.78, 5) is 14.1. The number of rotatable bonds is 6. The van der Waals surface area contributed by atoms with Crippen LogP contribution >= 0.6 is 0 Å². The van der Waals surface area contributed by atoms with Gasteiger partial charge in [-0.25, -0.2) is 8.42 Å². The summed E-state index contributed by atoms with van der Waals surface area (Å²) in [6.45, 7) is 0. The van der Waals surface area contributed by atoms with Crippen LogP contribution in [0.2, 0.25) is 0 Å². The molecule has 0 saturated heterocycles. The molecule has 5 nitrogen and oxygen atoms in total. The van der Waals surface area contributed by atoms with Gasteiger partial charge in [-0.1, -0.05) is 30.3 Å². The number of nitrogens with zero attached hydrogens (tertiary/aromatic N) is 2. The predicted molar refractivity (Wildman–Crippen MR) is 95.6 cm³/mol. The molecule has 2 aromatic carbocycles. The number of carbonyl (C=O) groups excluding carboxylic acids is 1. The zero-order valence-corrected chi connectivity index (χ0v) is 14.7. The molecule has 0 spiro atoms. The molecular weight excluding hydrogens is 324 g/mol. The van der Waals surface area contributed by atoms with Crippen molar-refractivity contribution in [1.82, 2.24) is 4.90 Å². The fraction of sp³-hybridized carbons (Fsp3) is 0.167. The lowest BCUT2D eigenvalue weighted by atomic mass is 10.1. The summed E-state index contributed by atoms with van der Waals surface area (Å²) in [7, 11) is 1.45. The fourth-order valence-electron chi connectivity index (χ4n) is 2.06. The quantitative estimate of drug-likeness (QED) is 0.597. The second kappa shape index (κ2) is 7.31. The standard InChI is InChI=1S/C18H20N2O3S/c1-19(2)13-12-18(21)15-8-7-9-16(14-15)20(3)24(22,23)17-10-5-4-6-11-17/h4-14H,1-3H3/b13-12+. The van der Waals surface area contributed by atoms with Crippen LogP contribution in [0.4, 0.5) is 5.69 Å². The van der Waals surface area contributed by atoms with E-state index in [-0.39, 0.29) is 10.7 Å². The molecule has 0 aromatic heterocycles. The third-order valence-electron chi connectivity index (χ3n) is 3.42. The van der Waals surface area contributed by atoms with Gasteiger partial charge in [0.2, 0.25) is 0 Å². The van der Waals surface area contributed by atoms with Gasteiger partial charge in [-0.05, 0) is 24.3 Å². The second-order valence-corrected chi connectivity index (χ2v) is 7.45. The summed E-state index contributed by atoms with van der Waals surface area (Å²) < 4.78 is 26.5. The van der Waals surface area contributed by atoms with E-state index in [0.717, 1.165) is 0 Å². The SMILES string of the molecule is CN(C)/C=C/C(=O)c1cccc(N(C)S(=O)(=O)c2ccccc2)c1. The van der Waals surface area contributed by atoms with Crippen molar-refractivity contribution >= 4 is 21.5 Å². The van der Waals surface area contributed by atoms with Crippen molar-refractivity contribution in [1.29, 1.82) is 0 Å². The largest absolute Gasteiger partial charge is 0.383 e. The van der Waals surface area contributed by atoms with Crippen LogP contribution < -0.4 is 4.31 Å². The monoisotopic (exact) mass is 344 g/mol. The van der Waals surface area contributed by atoms with Crippen LogP contribution in [0.3, 0.4) is 0 Å². The Bertz CT molecular complexity index is 844. The minimum Gasteiger partial charge on any atom is -0.383 e. The molecule has 0 heterocycles. The molecule has 0 unspecified atom stereocenters. The van der Waals surface area contributed by atoms with Crippen LogP contribution in [0.1, 0.15) is 10.4 Å². The van der Waals surface area contributed by atoms with Gasteiger partial charge in [-0.15, -0.1) is 0 Å². The van der Waals surface area contributed by atoms with Gasteiger partial charge < -0.3 is 4.90 Å². The molecule has 6 heteroatoms. The Morgan fingerprint density at radius 3 is 2.25 bits per heavy atom. The Balaban J connectivity index is 2.33. The van der Waals surface area contributed by atoms with E-state index < -0.39 is 10.0 Å². The first-order chi connectivity index (χ1) is 11.3. The van der Waals surface area contributed by atoms with Gasteiger partial charge in [0, 0.05) is 39.0 Å². The molecule has 0 amide bonds. The van der Waals surface area contributed by atoms with Crippen LogP contribution in [0, 0.1) is 0 Å². The predicted octanol–water partition coefficient (Wildman–Crippen LogP) is 2.77. The average Bonchev–Trinajstić information content (AvgIpc) is 2.59. The maximum Gasteiger partial charge on any atom is 0.264 e. The summed E-state index contributed by atoms with van der Waals surface area (Å²) in [5.41, 5.74) is 0.865. The van der Waals surface area contributed by atoms with E-state index in [0.29, 0.717) is 11.3 Å². The maximum absolute atomic E-state index is 12.6. The van der Waals surface area contributed by atoms with Crippen molar-refractivity contribution in [3.05, 3.63) is 72.4 Å². The molecule has 0 aliphatic carbocycles. The highest BCUT2D eigenvalue weighted by molar-refractivity contribution is 7.92. The first-order valence-electron chi connectivity index (χ1n) is 7.35. The molecule has 2 rings (SSSR count). The molecule has 0 atom stereocenters. The summed E-state index contributed by atoms with van der Waals surface area (Å²) in [6, 6.07) is 14.8. The van der Waals surface area contributed by atoms with Gasteiger partial charge in [0.25, 0.3) is 10.0 Å². The molecule has 0 fully saturated rings. The van der Waals surface area contributed by atoms with E-state index in [2.05, 4.69) is 0 Å². The molecule has 2 aromatic rings. The summed E-state index contributed by atoms with van der Waals surface area (Å²) in [6.07, 6.45) is 3.10. The summed E-state index contributed by atoms with van der Waals surface area (Å²) in [5, 5.41) is 0. The molecule has 0 saturated carbocycles. The van der Waals surface area contributed by atoms with Gasteiger partial charge >= 0.3 is 0 Å². The van der Waals surface area contributed by atoms with E-state index in [1.807, 2.05) is 14.1 Å². The van der Waals surface area contributed by atoms with Gasteiger partial charge in [0.05, 0.1) is 10.6 Å². The molecular formula is C18H20N2O3S. The van der Waals surface area contributed by atoms with E-state index in [1.165, 1.54) is 17.4 Å². The van der Waals surface area contributed by atoms with Crippen molar-refractivity contribution in [2.75, 3.05) is 25.4 Å². The van der Waals surface area contributed by atoms with E-state index in [9.17, 15) is 13.2 Å². The highest BCUT2D eigenvalue weighted by atomic mass is 32.2. The lowest BCUT2D eigenvalue weighted by Gasteiger charge is -2.20. The number of anilines is 1. The van der Waals surface area contributed by atoms with Crippen molar-refractivity contribution in [2.24, 2.45) is 0 Å². The lowest BCUT2D eigenvalue weighted by Crippen LogP contribution is -2.26. The van der Waals surface area contributed by atoms with Gasteiger partial charge in [0.15, 0.2) is 5.78 Å². The number of carbonyl (C=O) groups is 1. The van der Waals surface area contributed by atoms with Crippen LogP contribution in [0.15, 0.2) is 71.8 Å². The minimum absolute atomic E-state index is 0.184. The normalized spacial score (nSPS) is 11.5. The Kier molecular flexibility index (Phi) is 5.41. The van der Waals surface area contributed by atoms with Crippen LogP contribution in [-0.4, -0.2) is 40.2 Å². The number of sulfonamides is 1. The maximum atomic E-state index is 12.6. The third kappa shape index (κ3) is 4.02. The van der Waals surface area contributed by atoms with E-state index >= 15 is 0 Å².